The van der Waals surface area contributed by atoms with Crippen LogP contribution in [-0.4, -0.2) is 28.1 Å². The monoisotopic (exact) mass is 642 g/mol. The van der Waals surface area contributed by atoms with Crippen molar-refractivity contribution in [2.24, 2.45) is 5.73 Å². The van der Waals surface area contributed by atoms with Crippen molar-refractivity contribution in [1.82, 2.24) is 19.9 Å². The molecule has 0 radical (unpaired) electrons. The van der Waals surface area contributed by atoms with Crippen LogP contribution in [0.1, 0.15) is 42.5 Å². The van der Waals surface area contributed by atoms with Crippen LogP contribution in [0, 0.1) is 12.7 Å². The highest BCUT2D eigenvalue weighted by Crippen LogP contribution is 2.32. The first-order valence-electron chi connectivity index (χ1n) is 16.0. The molecular weight excluding hydrogens is 603 g/mol. The zero-order valence-electron chi connectivity index (χ0n) is 27.3. The van der Waals surface area contributed by atoms with E-state index in [9.17, 15) is 9.18 Å². The first-order chi connectivity index (χ1) is 23.3. The van der Waals surface area contributed by atoms with Gasteiger partial charge in [0.05, 0.1) is 11.8 Å². The number of rotatable bonds is 9. The minimum absolute atomic E-state index is 0.158. The van der Waals surface area contributed by atoms with Gasteiger partial charge in [-0.2, -0.15) is 0 Å². The maximum absolute atomic E-state index is 14.7. The summed E-state index contributed by atoms with van der Waals surface area (Å²) in [7, 11) is 1.87. The van der Waals surface area contributed by atoms with E-state index in [4.69, 9.17) is 10.2 Å². The summed E-state index contributed by atoms with van der Waals surface area (Å²) >= 11 is 0. The molecule has 0 amide bonds. The van der Waals surface area contributed by atoms with Crippen LogP contribution in [0.4, 0.5) is 10.1 Å². The number of benzene rings is 3. The van der Waals surface area contributed by atoms with Gasteiger partial charge in [0.25, 0.3) is 5.56 Å². The van der Waals surface area contributed by atoms with Gasteiger partial charge in [-0.15, -0.1) is 0 Å². The summed E-state index contributed by atoms with van der Waals surface area (Å²) < 4.78 is 22.2. The minimum Gasteiger partial charge on any atom is -0.456 e. The number of nitrogens with two attached hydrogens (primary N) is 1. The normalized spacial score (nSPS) is 13.2. The fraction of sp³-hybridized carbons (Fsp3) is 0.205. The summed E-state index contributed by atoms with van der Waals surface area (Å²) in [6, 6.07) is 22.6. The molecule has 0 aliphatic heterocycles. The van der Waals surface area contributed by atoms with E-state index in [0.29, 0.717) is 30.2 Å². The Labute approximate surface area is 278 Å². The number of allylic oxidation sites excluding steroid dienone is 2. The second-order valence-corrected chi connectivity index (χ2v) is 12.0. The summed E-state index contributed by atoms with van der Waals surface area (Å²) in [5.41, 5.74) is 12.9. The molecule has 7 rings (SSSR count). The maximum atomic E-state index is 14.7. The van der Waals surface area contributed by atoms with Gasteiger partial charge in [0.15, 0.2) is 0 Å². The van der Waals surface area contributed by atoms with Gasteiger partial charge in [-0.25, -0.2) is 9.37 Å². The van der Waals surface area contributed by atoms with Gasteiger partial charge < -0.3 is 20.8 Å². The lowest BCUT2D eigenvalue weighted by atomic mass is 10.0. The fourth-order valence-electron chi connectivity index (χ4n) is 5.54. The predicted octanol–water partition coefficient (Wildman–Crippen LogP) is 7.75. The summed E-state index contributed by atoms with van der Waals surface area (Å²) in [5, 5.41) is 8.41. The number of fused-ring (bicyclic) bond motifs is 3. The number of aromatic nitrogens is 3. The number of pyridine rings is 1. The Hall–Kier alpha value is -5.54. The van der Waals surface area contributed by atoms with Crippen LogP contribution < -0.4 is 21.9 Å². The van der Waals surface area contributed by atoms with Gasteiger partial charge in [-0.1, -0.05) is 53.6 Å². The number of para-hydroxylation sites is 1. The Kier molecular flexibility index (Phi) is 9.78. The van der Waals surface area contributed by atoms with Crippen molar-refractivity contribution < 1.29 is 8.81 Å². The molecule has 1 saturated carbocycles. The van der Waals surface area contributed by atoms with E-state index < -0.39 is 5.82 Å². The summed E-state index contributed by atoms with van der Waals surface area (Å²) in [6.45, 7) is 4.97. The lowest BCUT2D eigenvalue weighted by Gasteiger charge is -2.18. The highest BCUT2D eigenvalue weighted by Gasteiger charge is 2.19. The number of hydrogen-bond donors (Lipinski definition) is 3. The van der Waals surface area contributed by atoms with Gasteiger partial charge >= 0.3 is 0 Å². The van der Waals surface area contributed by atoms with Gasteiger partial charge in [-0.3, -0.25) is 14.3 Å². The zero-order valence-corrected chi connectivity index (χ0v) is 27.3. The first kappa shape index (κ1) is 32.4. The predicted molar refractivity (Wildman–Crippen MR) is 192 cm³/mol. The fourth-order valence-corrected chi connectivity index (χ4v) is 5.54. The molecule has 0 saturated heterocycles. The second kappa shape index (κ2) is 14.5. The Morgan fingerprint density at radius 1 is 1.04 bits per heavy atom. The standard InChI is InChI=1S/C30H26FN3O2.C9H13N3/c1-18-7-11-25(31)24(15-18)29-32-17-26(30(35)34(29)14-13-20-8-9-20)33-19(2)21-10-12-28-23(16-21)22-5-3-4-6-27(22)36-28;1-11-7-9(10)5-8-3-2-4-12-6-8/h3-7,10-13,15-17,19,33H,8-9,14H2,1-2H3;2-6,11H,7,10H2,1H3/b;9-5-. The van der Waals surface area contributed by atoms with Gasteiger partial charge in [0.2, 0.25) is 0 Å². The lowest BCUT2D eigenvalue weighted by molar-refractivity contribution is 0.625. The lowest BCUT2D eigenvalue weighted by Crippen LogP contribution is -2.27. The first-order valence-corrected chi connectivity index (χ1v) is 16.0. The number of nitrogens with one attached hydrogen (secondary N) is 2. The topological polar surface area (TPSA) is 111 Å². The van der Waals surface area contributed by atoms with Crippen molar-refractivity contribution in [3.8, 4) is 11.4 Å². The minimum atomic E-state index is -0.393. The molecule has 0 bridgehead atoms. The van der Waals surface area contributed by atoms with E-state index in [1.54, 1.807) is 29.1 Å². The van der Waals surface area contributed by atoms with E-state index in [-0.39, 0.29) is 11.6 Å². The molecule has 1 fully saturated rings. The second-order valence-electron chi connectivity index (χ2n) is 12.0. The maximum Gasteiger partial charge on any atom is 0.277 e. The third kappa shape index (κ3) is 7.53. The average molecular weight is 643 g/mol. The van der Waals surface area contributed by atoms with Crippen LogP contribution >= 0.6 is 0 Å². The third-order valence-corrected chi connectivity index (χ3v) is 8.20. The molecule has 8 nitrogen and oxygen atoms in total. The van der Waals surface area contributed by atoms with Crippen molar-refractivity contribution in [1.29, 1.82) is 0 Å². The van der Waals surface area contributed by atoms with Crippen LogP contribution in [0.3, 0.4) is 0 Å². The van der Waals surface area contributed by atoms with E-state index in [0.717, 1.165) is 57.2 Å². The SMILES string of the molecule is CNC/C(N)=C/c1cccnc1.Cc1ccc(F)c(-c2ncc(NC(C)c3ccc4oc5ccccc5c4c3)c(=O)n2CC=C2CC2)c1. The molecule has 9 heteroatoms. The van der Waals surface area contributed by atoms with Crippen molar-refractivity contribution >= 4 is 33.7 Å². The molecule has 3 heterocycles. The molecule has 6 aromatic rings. The number of likely N-dealkylation sites (N-methyl/N-ethyl adjacent to an activating group) is 1. The number of aryl methyl sites for hydroxylation is 1. The summed E-state index contributed by atoms with van der Waals surface area (Å²) in [5.74, 6) is -0.0572. The van der Waals surface area contributed by atoms with E-state index in [1.165, 1.54) is 17.8 Å². The molecule has 1 aliphatic carbocycles. The van der Waals surface area contributed by atoms with Crippen LogP contribution in [0.25, 0.3) is 39.4 Å². The highest BCUT2D eigenvalue weighted by molar-refractivity contribution is 6.05. The average Bonchev–Trinajstić information content (AvgIpc) is 3.85. The molecular formula is C39H39FN6O2. The highest BCUT2D eigenvalue weighted by atomic mass is 19.1. The quantitative estimate of drug-likeness (QED) is 0.138. The molecule has 0 spiro atoms. The Balaban J connectivity index is 0.000000284. The molecule has 244 valence electrons. The number of hydrogen-bond acceptors (Lipinski definition) is 7. The Morgan fingerprint density at radius 2 is 1.85 bits per heavy atom. The van der Waals surface area contributed by atoms with E-state index in [1.807, 2.05) is 81.6 Å². The number of nitrogens with zero attached hydrogens (tertiary/aromatic N) is 3. The van der Waals surface area contributed by atoms with Crippen molar-refractivity contribution in [3.63, 3.8) is 0 Å². The smallest absolute Gasteiger partial charge is 0.277 e. The van der Waals surface area contributed by atoms with Crippen LogP contribution in [0.5, 0.6) is 0 Å². The van der Waals surface area contributed by atoms with Gasteiger partial charge in [0, 0.05) is 48.0 Å². The Bertz CT molecular complexity index is 2180. The van der Waals surface area contributed by atoms with Crippen molar-refractivity contribution in [2.75, 3.05) is 18.9 Å². The molecule has 1 unspecified atom stereocenters. The van der Waals surface area contributed by atoms with Crippen molar-refractivity contribution in [2.45, 2.75) is 39.3 Å². The van der Waals surface area contributed by atoms with E-state index >= 15 is 0 Å². The number of furan rings is 1. The third-order valence-electron chi connectivity index (χ3n) is 8.20. The van der Waals surface area contributed by atoms with E-state index in [2.05, 4.69) is 26.7 Å². The molecule has 1 aliphatic rings. The van der Waals surface area contributed by atoms with Gasteiger partial charge in [-0.05, 0) is 87.3 Å². The van der Waals surface area contributed by atoms with Crippen LogP contribution in [-0.2, 0) is 6.54 Å². The van der Waals surface area contributed by atoms with Crippen molar-refractivity contribution in [3.05, 3.63) is 142 Å². The van der Waals surface area contributed by atoms with Gasteiger partial charge in [0.1, 0.15) is 28.5 Å². The summed E-state index contributed by atoms with van der Waals surface area (Å²) in [6.07, 6.45) is 11.1. The molecule has 4 N–H and O–H groups in total. The largest absolute Gasteiger partial charge is 0.456 e. The Morgan fingerprint density at radius 3 is 2.62 bits per heavy atom. The van der Waals surface area contributed by atoms with Crippen LogP contribution in [0.15, 0.2) is 118 Å². The molecule has 1 atom stereocenters. The number of anilines is 1. The zero-order chi connectivity index (χ0) is 33.6. The van der Waals surface area contributed by atoms with Crippen LogP contribution in [0.2, 0.25) is 0 Å². The molecule has 3 aromatic heterocycles. The molecule has 3 aromatic carbocycles. The number of halogens is 1. The molecule has 48 heavy (non-hydrogen) atoms. The summed E-state index contributed by atoms with van der Waals surface area (Å²) in [4.78, 5) is 22.1.